The lowest BCUT2D eigenvalue weighted by molar-refractivity contribution is 0.0574. The van der Waals surface area contributed by atoms with Gasteiger partial charge >= 0.3 is 6.09 Å². The first kappa shape index (κ1) is 9.28. The summed E-state index contributed by atoms with van der Waals surface area (Å²) in [4.78, 5) is 10.7. The topological polar surface area (TPSA) is 78.8 Å². The van der Waals surface area contributed by atoms with Crippen molar-refractivity contribution in [1.82, 2.24) is 5.32 Å². The molecule has 12 heavy (non-hydrogen) atoms. The molecule has 3 unspecified atom stereocenters. The van der Waals surface area contributed by atoms with E-state index in [1.54, 1.807) is 6.92 Å². The Morgan fingerprint density at radius 1 is 1.67 bits per heavy atom. The van der Waals surface area contributed by atoms with Gasteiger partial charge in [-0.05, 0) is 0 Å². The molecule has 0 aromatic heterocycles. The van der Waals surface area contributed by atoms with E-state index in [9.17, 15) is 4.79 Å². The molecular formula is C7H13NO4. The van der Waals surface area contributed by atoms with E-state index in [4.69, 9.17) is 14.9 Å². The minimum absolute atomic E-state index is 0.0594. The number of aliphatic hydroxyl groups is 2. The summed E-state index contributed by atoms with van der Waals surface area (Å²) in [5.41, 5.74) is 0. The molecule has 0 radical (unpaired) electrons. The summed E-state index contributed by atoms with van der Waals surface area (Å²) in [6.45, 7) is 1.53. The van der Waals surface area contributed by atoms with Crippen LogP contribution in [0.1, 0.15) is 6.92 Å². The Bertz CT molecular complexity index is 173. The molecule has 0 aromatic rings. The maximum Gasteiger partial charge on any atom is 0.407 e. The van der Waals surface area contributed by atoms with Gasteiger partial charge in [0.1, 0.15) is 6.10 Å². The van der Waals surface area contributed by atoms with Gasteiger partial charge in [0.15, 0.2) is 0 Å². The second-order valence-corrected chi connectivity index (χ2v) is 2.96. The van der Waals surface area contributed by atoms with Gasteiger partial charge in [-0.25, -0.2) is 4.79 Å². The highest BCUT2D eigenvalue weighted by Crippen LogP contribution is 2.16. The standard InChI is InChI=1S/C7H13NO4/c1-4(2-9)6-5(3-10)8-7(11)12-6/h4-6,9-10H,2-3H2,1H3,(H,8,11). The Morgan fingerprint density at radius 2 is 2.33 bits per heavy atom. The molecule has 0 aliphatic carbocycles. The summed E-state index contributed by atoms with van der Waals surface area (Å²) >= 11 is 0. The van der Waals surface area contributed by atoms with Crippen LogP contribution in [0.4, 0.5) is 4.79 Å². The van der Waals surface area contributed by atoms with Gasteiger partial charge in [-0.3, -0.25) is 0 Å². The van der Waals surface area contributed by atoms with E-state index in [-0.39, 0.29) is 25.2 Å². The van der Waals surface area contributed by atoms with E-state index in [1.807, 2.05) is 0 Å². The average Bonchev–Trinajstić information content (AvgIpc) is 2.45. The molecule has 1 fully saturated rings. The number of alkyl carbamates (subject to hydrolysis) is 1. The van der Waals surface area contributed by atoms with E-state index in [0.717, 1.165) is 0 Å². The van der Waals surface area contributed by atoms with Crippen molar-refractivity contribution in [2.24, 2.45) is 5.92 Å². The van der Waals surface area contributed by atoms with Crippen molar-refractivity contribution in [2.75, 3.05) is 13.2 Å². The van der Waals surface area contributed by atoms with Gasteiger partial charge in [0.05, 0.1) is 12.6 Å². The molecule has 5 nitrogen and oxygen atoms in total. The highest BCUT2D eigenvalue weighted by atomic mass is 16.6. The van der Waals surface area contributed by atoms with Crippen LogP contribution in [-0.2, 0) is 4.74 Å². The van der Waals surface area contributed by atoms with Gasteiger partial charge in [-0.2, -0.15) is 0 Å². The van der Waals surface area contributed by atoms with Crippen molar-refractivity contribution in [2.45, 2.75) is 19.1 Å². The van der Waals surface area contributed by atoms with E-state index < -0.39 is 12.2 Å². The predicted octanol–water partition coefficient (Wildman–Crippen LogP) is -0.916. The van der Waals surface area contributed by atoms with Crippen LogP contribution in [0.2, 0.25) is 0 Å². The number of carbonyl (C=O) groups excluding carboxylic acids is 1. The maximum absolute atomic E-state index is 10.7. The number of nitrogens with one attached hydrogen (secondary N) is 1. The van der Waals surface area contributed by atoms with Crippen molar-refractivity contribution < 1.29 is 19.7 Å². The van der Waals surface area contributed by atoms with Gasteiger partial charge in [-0.1, -0.05) is 6.92 Å². The largest absolute Gasteiger partial charge is 0.444 e. The third kappa shape index (κ3) is 1.67. The average molecular weight is 175 g/mol. The van der Waals surface area contributed by atoms with Crippen molar-refractivity contribution in [3.8, 4) is 0 Å². The second kappa shape index (κ2) is 3.73. The molecule has 0 aromatic carbocycles. The lowest BCUT2D eigenvalue weighted by Crippen LogP contribution is -2.39. The van der Waals surface area contributed by atoms with Gasteiger partial charge in [-0.15, -0.1) is 0 Å². The highest BCUT2D eigenvalue weighted by Gasteiger charge is 2.36. The zero-order valence-electron chi connectivity index (χ0n) is 6.86. The maximum atomic E-state index is 10.7. The fourth-order valence-electron chi connectivity index (χ4n) is 1.24. The van der Waals surface area contributed by atoms with Gasteiger partial charge in [0.25, 0.3) is 0 Å². The Balaban J connectivity index is 2.56. The van der Waals surface area contributed by atoms with E-state index in [1.165, 1.54) is 0 Å². The van der Waals surface area contributed by atoms with Crippen molar-refractivity contribution in [1.29, 1.82) is 0 Å². The van der Waals surface area contributed by atoms with Gasteiger partial charge in [0, 0.05) is 12.5 Å². The minimum Gasteiger partial charge on any atom is -0.444 e. The first-order valence-electron chi connectivity index (χ1n) is 3.88. The lowest BCUT2D eigenvalue weighted by Gasteiger charge is -2.19. The van der Waals surface area contributed by atoms with Crippen LogP contribution in [0, 0.1) is 5.92 Å². The molecule has 5 heteroatoms. The van der Waals surface area contributed by atoms with Crippen molar-refractivity contribution >= 4 is 6.09 Å². The Hall–Kier alpha value is -0.810. The quantitative estimate of drug-likeness (QED) is 0.518. The molecule has 1 amide bonds. The molecule has 70 valence electrons. The van der Waals surface area contributed by atoms with E-state index in [2.05, 4.69) is 5.32 Å². The summed E-state index contributed by atoms with van der Waals surface area (Å²) < 4.78 is 4.85. The van der Waals surface area contributed by atoms with Crippen LogP contribution in [0.15, 0.2) is 0 Å². The molecule has 1 saturated heterocycles. The smallest absolute Gasteiger partial charge is 0.407 e. The highest BCUT2D eigenvalue weighted by molar-refractivity contribution is 5.70. The Kier molecular flexibility index (Phi) is 2.88. The van der Waals surface area contributed by atoms with Crippen LogP contribution in [0.25, 0.3) is 0 Å². The third-order valence-electron chi connectivity index (χ3n) is 1.99. The molecule has 0 saturated carbocycles. The number of cyclic esters (lactones) is 1. The number of hydrogen-bond acceptors (Lipinski definition) is 4. The fraction of sp³-hybridized carbons (Fsp3) is 0.857. The molecule has 3 atom stereocenters. The minimum atomic E-state index is -0.528. The molecule has 0 spiro atoms. The summed E-state index contributed by atoms with van der Waals surface area (Å²) in [6, 6.07) is -0.389. The summed E-state index contributed by atoms with van der Waals surface area (Å²) in [5, 5.41) is 20.1. The van der Waals surface area contributed by atoms with Crippen LogP contribution in [0.5, 0.6) is 0 Å². The third-order valence-corrected chi connectivity index (χ3v) is 1.99. The molecule has 1 aliphatic heterocycles. The summed E-state index contributed by atoms with van der Waals surface area (Å²) in [7, 11) is 0. The summed E-state index contributed by atoms with van der Waals surface area (Å²) in [5.74, 6) is -0.152. The fourth-order valence-corrected chi connectivity index (χ4v) is 1.24. The Morgan fingerprint density at radius 3 is 2.83 bits per heavy atom. The van der Waals surface area contributed by atoms with Crippen LogP contribution in [0.3, 0.4) is 0 Å². The number of ether oxygens (including phenoxy) is 1. The van der Waals surface area contributed by atoms with Crippen LogP contribution < -0.4 is 5.32 Å². The molecule has 1 heterocycles. The zero-order valence-corrected chi connectivity index (χ0v) is 6.86. The normalized spacial score (nSPS) is 31.1. The lowest BCUT2D eigenvalue weighted by atomic mass is 10.00. The van der Waals surface area contributed by atoms with Crippen molar-refractivity contribution in [3.05, 3.63) is 0 Å². The monoisotopic (exact) mass is 175 g/mol. The first-order chi connectivity index (χ1) is 5.69. The molecule has 1 aliphatic rings. The summed E-state index contributed by atoms with van der Waals surface area (Å²) in [6.07, 6.45) is -0.952. The molecular weight excluding hydrogens is 162 g/mol. The number of carbonyl (C=O) groups is 1. The predicted molar refractivity (Wildman–Crippen MR) is 40.5 cm³/mol. The van der Waals surface area contributed by atoms with Gasteiger partial charge in [0.2, 0.25) is 0 Å². The number of rotatable bonds is 3. The van der Waals surface area contributed by atoms with Crippen LogP contribution in [-0.4, -0.2) is 41.7 Å². The zero-order chi connectivity index (χ0) is 9.14. The number of aliphatic hydroxyl groups excluding tert-OH is 2. The van der Waals surface area contributed by atoms with E-state index >= 15 is 0 Å². The number of amides is 1. The Labute approximate surface area is 70.3 Å². The second-order valence-electron chi connectivity index (χ2n) is 2.96. The molecule has 0 bridgehead atoms. The van der Waals surface area contributed by atoms with Crippen LogP contribution >= 0.6 is 0 Å². The molecule has 1 rings (SSSR count). The number of hydrogen-bond donors (Lipinski definition) is 3. The van der Waals surface area contributed by atoms with Crippen molar-refractivity contribution in [3.63, 3.8) is 0 Å². The van der Waals surface area contributed by atoms with E-state index in [0.29, 0.717) is 0 Å². The molecule has 3 N–H and O–H groups in total. The SMILES string of the molecule is CC(CO)C1OC(=O)NC1CO. The van der Waals surface area contributed by atoms with Gasteiger partial charge < -0.3 is 20.3 Å². The first-order valence-corrected chi connectivity index (χ1v) is 3.88.